The van der Waals surface area contributed by atoms with Gasteiger partial charge in [0.2, 0.25) is 0 Å². The monoisotopic (exact) mass is 253 g/mol. The molecule has 0 aliphatic rings. The molecular weight excluding hydrogens is 244 g/mol. The second-order valence-corrected chi connectivity index (χ2v) is 3.49. The third kappa shape index (κ3) is 3.90. The Balaban J connectivity index is 0.00000225. The first kappa shape index (κ1) is 15.6. The number of pyridine rings is 1. The molecule has 0 aromatic carbocycles. The van der Waals surface area contributed by atoms with Crippen LogP contribution in [0.15, 0.2) is 6.20 Å². The van der Waals surface area contributed by atoms with Gasteiger partial charge in [-0.15, -0.1) is 9.42 Å². The molecule has 0 aliphatic heterocycles. The van der Waals surface area contributed by atoms with E-state index in [-0.39, 0.29) is 53.0 Å². The first-order valence-electron chi connectivity index (χ1n) is 3.98. The van der Waals surface area contributed by atoms with E-state index in [9.17, 15) is 14.5 Å². The molecule has 6 nitrogen and oxygen atoms in total. The molecule has 1 radical (unpaired) electrons. The number of aryl methyl sites for hydroxylation is 1. The van der Waals surface area contributed by atoms with E-state index in [0.717, 1.165) is 0 Å². The van der Waals surface area contributed by atoms with E-state index in [1.807, 2.05) is 0 Å². The summed E-state index contributed by atoms with van der Waals surface area (Å²) in [5, 5.41) is 9.46. The number of aromatic hydroxyl groups is 1. The molecule has 0 saturated carbocycles. The number of nitrogens with zero attached hydrogens (tertiary/aromatic N) is 1. The maximum atomic E-state index is 10.7. The van der Waals surface area contributed by atoms with Gasteiger partial charge in [-0.05, 0) is 6.92 Å². The van der Waals surface area contributed by atoms with Crippen molar-refractivity contribution in [1.29, 1.82) is 0 Å². The first-order chi connectivity index (χ1) is 7.06. The van der Waals surface area contributed by atoms with Crippen LogP contribution in [0.5, 0.6) is 5.75 Å². The quantitative estimate of drug-likeness (QED) is 0.465. The number of carbonyl (C=O) groups is 1. The number of hydrogen-bond acceptors (Lipinski definition) is 5. The predicted octanol–water partition coefficient (Wildman–Crippen LogP) is 0.694. The van der Waals surface area contributed by atoms with Crippen molar-refractivity contribution in [3.05, 3.63) is 23.0 Å². The summed E-state index contributed by atoms with van der Waals surface area (Å²) in [6.07, 6.45) is 1.77. The maximum Gasteiger partial charge on any atom is 0.695 e. The molecule has 1 aromatic heterocycles. The van der Waals surface area contributed by atoms with Gasteiger partial charge in [0.15, 0.2) is 6.29 Å². The fraction of sp³-hybridized carbons (Fsp3) is 0.250. The van der Waals surface area contributed by atoms with E-state index < -0.39 is 8.25 Å². The van der Waals surface area contributed by atoms with E-state index in [0.29, 0.717) is 12.0 Å². The van der Waals surface area contributed by atoms with Crippen LogP contribution in [0.1, 0.15) is 21.6 Å². The Morgan fingerprint density at radius 1 is 1.62 bits per heavy atom. The predicted molar refractivity (Wildman–Crippen MR) is 56.4 cm³/mol. The SMILES string of the molecule is Cc1ncc(CO[P+](=O)O)c(C=O)c1O.[Na]. The van der Waals surface area contributed by atoms with E-state index in [2.05, 4.69) is 9.51 Å². The third-order valence-corrected chi connectivity index (χ3v) is 2.16. The number of aldehydes is 1. The normalized spacial score (nSPS) is 10.5. The molecule has 1 heterocycles. The average molecular weight is 253 g/mol. The summed E-state index contributed by atoms with van der Waals surface area (Å²) < 4.78 is 14.7. The van der Waals surface area contributed by atoms with Crippen molar-refractivity contribution in [2.45, 2.75) is 13.5 Å². The first-order valence-corrected chi connectivity index (χ1v) is 5.11. The fourth-order valence-electron chi connectivity index (χ4n) is 1.02. The Kier molecular flexibility index (Phi) is 6.90. The molecule has 0 amide bonds. The van der Waals surface area contributed by atoms with Crippen molar-refractivity contribution in [2.24, 2.45) is 0 Å². The minimum Gasteiger partial charge on any atom is -0.505 e. The van der Waals surface area contributed by atoms with Crippen LogP contribution in [0.2, 0.25) is 0 Å². The molecule has 1 aromatic rings. The van der Waals surface area contributed by atoms with Crippen LogP contribution < -0.4 is 0 Å². The molecule has 1 atom stereocenters. The summed E-state index contributed by atoms with van der Waals surface area (Å²) in [7, 11) is -2.73. The van der Waals surface area contributed by atoms with Crippen LogP contribution in [-0.4, -0.2) is 50.8 Å². The van der Waals surface area contributed by atoms with Gasteiger partial charge in [-0.3, -0.25) is 9.78 Å². The van der Waals surface area contributed by atoms with Crippen molar-refractivity contribution in [3.63, 3.8) is 0 Å². The van der Waals surface area contributed by atoms with Gasteiger partial charge in [0, 0.05) is 45.9 Å². The van der Waals surface area contributed by atoms with E-state index >= 15 is 0 Å². The van der Waals surface area contributed by atoms with Crippen LogP contribution in [0.25, 0.3) is 0 Å². The van der Waals surface area contributed by atoms with Gasteiger partial charge in [-0.25, -0.2) is 0 Å². The van der Waals surface area contributed by atoms with Gasteiger partial charge in [0.05, 0.1) is 11.3 Å². The van der Waals surface area contributed by atoms with Crippen molar-refractivity contribution in [3.8, 4) is 5.75 Å². The van der Waals surface area contributed by atoms with E-state index in [1.54, 1.807) is 6.92 Å². The largest absolute Gasteiger partial charge is 0.695 e. The summed E-state index contributed by atoms with van der Waals surface area (Å²) in [5.41, 5.74) is 0.610. The van der Waals surface area contributed by atoms with Crippen molar-refractivity contribution in [1.82, 2.24) is 4.98 Å². The van der Waals surface area contributed by atoms with E-state index in [4.69, 9.17) is 4.89 Å². The summed E-state index contributed by atoms with van der Waals surface area (Å²) in [4.78, 5) is 22.9. The van der Waals surface area contributed by atoms with Crippen LogP contribution in [0.3, 0.4) is 0 Å². The molecule has 1 rings (SSSR count). The fourth-order valence-corrected chi connectivity index (χ4v) is 1.27. The standard InChI is InChI=1S/C8H8NO5P.Na/c1-5-8(11)7(3-10)6(2-9-5)4-14-15(12)13;/h2-3H,4H2,1H3,(H-,10,11,12,13);/p+1. The minimum absolute atomic E-state index is 0. The second kappa shape index (κ2) is 7.06. The molecule has 1 unspecified atom stereocenters. The third-order valence-electron chi connectivity index (χ3n) is 1.81. The molecule has 0 aliphatic carbocycles. The zero-order valence-corrected chi connectivity index (χ0v) is 11.8. The van der Waals surface area contributed by atoms with E-state index in [1.165, 1.54) is 6.20 Å². The van der Waals surface area contributed by atoms with Crippen LogP contribution in [-0.2, 0) is 15.7 Å². The second-order valence-electron chi connectivity index (χ2n) is 2.76. The molecule has 0 saturated heterocycles. The number of rotatable bonds is 4. The summed E-state index contributed by atoms with van der Waals surface area (Å²) in [6, 6.07) is 0. The number of carbonyl (C=O) groups excluding carboxylic acids is 1. The number of aromatic nitrogens is 1. The summed E-state index contributed by atoms with van der Waals surface area (Å²) in [6.45, 7) is 1.29. The summed E-state index contributed by atoms with van der Waals surface area (Å²) in [5.74, 6) is -0.237. The van der Waals surface area contributed by atoms with Gasteiger partial charge >= 0.3 is 8.25 Å². The topological polar surface area (TPSA) is 96.7 Å². The van der Waals surface area contributed by atoms with Gasteiger partial charge in [-0.1, -0.05) is 0 Å². The Labute approximate surface area is 115 Å². The van der Waals surface area contributed by atoms with Crippen LogP contribution in [0, 0.1) is 6.92 Å². The number of hydrogen-bond donors (Lipinski definition) is 2. The molecule has 0 bridgehead atoms. The smallest absolute Gasteiger partial charge is 0.505 e. The molecule has 2 N–H and O–H groups in total. The maximum absolute atomic E-state index is 10.7. The minimum atomic E-state index is -2.73. The molecule has 8 heteroatoms. The van der Waals surface area contributed by atoms with Gasteiger partial charge < -0.3 is 5.11 Å². The zero-order chi connectivity index (χ0) is 11.4. The van der Waals surface area contributed by atoms with Gasteiger partial charge in [0.1, 0.15) is 12.4 Å². The molecular formula is C8H9NNaO5P+. The van der Waals surface area contributed by atoms with Gasteiger partial charge in [-0.2, -0.15) is 0 Å². The molecule has 81 valence electrons. The zero-order valence-electron chi connectivity index (χ0n) is 8.88. The molecule has 0 spiro atoms. The molecule has 16 heavy (non-hydrogen) atoms. The molecule has 0 fully saturated rings. The van der Waals surface area contributed by atoms with Crippen LogP contribution >= 0.6 is 8.25 Å². The van der Waals surface area contributed by atoms with Crippen molar-refractivity contribution >= 4 is 44.1 Å². The Morgan fingerprint density at radius 2 is 2.25 bits per heavy atom. The Hall–Kier alpha value is -0.360. The Morgan fingerprint density at radius 3 is 2.75 bits per heavy atom. The average Bonchev–Trinajstić information content (AvgIpc) is 2.19. The Bertz CT molecular complexity index is 412. The van der Waals surface area contributed by atoms with Gasteiger partial charge in [0.25, 0.3) is 0 Å². The van der Waals surface area contributed by atoms with Crippen molar-refractivity contribution < 1.29 is 23.9 Å². The van der Waals surface area contributed by atoms with Crippen molar-refractivity contribution in [2.75, 3.05) is 0 Å². The summed E-state index contributed by atoms with van der Waals surface area (Å²) >= 11 is 0. The van der Waals surface area contributed by atoms with Crippen LogP contribution in [0.4, 0.5) is 0 Å².